The molecule has 1 saturated carbocycles. The molecule has 1 aromatic heterocycles. The lowest BCUT2D eigenvalue weighted by Gasteiger charge is -2.43. The van der Waals surface area contributed by atoms with Gasteiger partial charge in [0.25, 0.3) is 0 Å². The maximum Gasteiger partial charge on any atom is 0.159 e. The molecule has 3 nitrogen and oxygen atoms in total. The van der Waals surface area contributed by atoms with E-state index in [1.807, 2.05) is 21.0 Å². The second-order valence-corrected chi connectivity index (χ2v) is 7.75. The Bertz CT molecular complexity index is 465. The van der Waals surface area contributed by atoms with Gasteiger partial charge in [0.1, 0.15) is 5.01 Å². The SMILES string of the molecule is Cc1nc(CC(=O)C2(N(C)C)CCC(C)CC2)sc1C. The standard InChI is InChI=1S/C16H26N2OS/c1-11-6-8-16(9-7-11,18(4)5)14(19)10-15-17-12(2)13(3)20-15/h11H,6-10H2,1-5H3. The minimum Gasteiger partial charge on any atom is -0.297 e. The number of rotatable bonds is 4. The van der Waals surface area contributed by atoms with E-state index in [2.05, 4.69) is 23.7 Å². The first-order valence-corrected chi connectivity index (χ1v) is 8.30. The fraction of sp³-hybridized carbons (Fsp3) is 0.750. The van der Waals surface area contributed by atoms with E-state index in [9.17, 15) is 4.79 Å². The Balaban J connectivity index is 2.15. The molecule has 112 valence electrons. The monoisotopic (exact) mass is 294 g/mol. The Hall–Kier alpha value is -0.740. The predicted octanol–water partition coefficient (Wildman–Crippen LogP) is 3.38. The fourth-order valence-electron chi connectivity index (χ4n) is 3.13. The summed E-state index contributed by atoms with van der Waals surface area (Å²) in [6.07, 6.45) is 4.78. The second-order valence-electron chi connectivity index (χ2n) is 6.46. The molecule has 20 heavy (non-hydrogen) atoms. The van der Waals surface area contributed by atoms with E-state index in [0.29, 0.717) is 12.2 Å². The first-order chi connectivity index (χ1) is 9.35. The number of aryl methyl sites for hydroxylation is 2. The van der Waals surface area contributed by atoms with Gasteiger partial charge in [0.15, 0.2) is 5.78 Å². The molecule has 0 aliphatic heterocycles. The number of likely N-dealkylation sites (N-methyl/N-ethyl adjacent to an activating group) is 1. The third-order valence-corrected chi connectivity index (χ3v) is 5.93. The first-order valence-electron chi connectivity index (χ1n) is 7.49. The van der Waals surface area contributed by atoms with Gasteiger partial charge in [-0.3, -0.25) is 9.69 Å². The molecule has 0 saturated heterocycles. The molecule has 0 aromatic carbocycles. The summed E-state index contributed by atoms with van der Waals surface area (Å²) < 4.78 is 0. The maximum absolute atomic E-state index is 12.9. The molecule has 4 heteroatoms. The van der Waals surface area contributed by atoms with Gasteiger partial charge in [0.05, 0.1) is 17.7 Å². The molecule has 0 atom stereocenters. The molecule has 1 aliphatic rings. The van der Waals surface area contributed by atoms with Gasteiger partial charge in [-0.25, -0.2) is 4.98 Å². The van der Waals surface area contributed by atoms with Crippen LogP contribution in [0.2, 0.25) is 0 Å². The van der Waals surface area contributed by atoms with Crippen molar-refractivity contribution in [1.82, 2.24) is 9.88 Å². The zero-order valence-electron chi connectivity index (χ0n) is 13.3. The van der Waals surface area contributed by atoms with Crippen LogP contribution in [0.3, 0.4) is 0 Å². The Morgan fingerprint density at radius 1 is 1.35 bits per heavy atom. The number of hydrogen-bond donors (Lipinski definition) is 0. The van der Waals surface area contributed by atoms with Crippen molar-refractivity contribution in [1.29, 1.82) is 0 Å². The van der Waals surface area contributed by atoms with Crippen molar-refractivity contribution in [3.8, 4) is 0 Å². The van der Waals surface area contributed by atoms with Crippen LogP contribution in [-0.4, -0.2) is 35.3 Å². The molecule has 1 heterocycles. The Labute approximate surface area is 126 Å². The van der Waals surface area contributed by atoms with Crippen LogP contribution in [0.15, 0.2) is 0 Å². The summed E-state index contributed by atoms with van der Waals surface area (Å²) in [6, 6.07) is 0. The molecule has 0 unspecified atom stereocenters. The molecule has 0 amide bonds. The average Bonchev–Trinajstić information content (AvgIpc) is 2.69. The number of hydrogen-bond acceptors (Lipinski definition) is 4. The summed E-state index contributed by atoms with van der Waals surface area (Å²) in [6.45, 7) is 6.38. The van der Waals surface area contributed by atoms with Gasteiger partial charge in [0, 0.05) is 4.88 Å². The van der Waals surface area contributed by atoms with Crippen LogP contribution in [0.5, 0.6) is 0 Å². The Morgan fingerprint density at radius 3 is 2.40 bits per heavy atom. The lowest BCUT2D eigenvalue weighted by molar-refractivity contribution is -0.131. The lowest BCUT2D eigenvalue weighted by Crippen LogP contribution is -2.53. The minimum absolute atomic E-state index is 0.264. The van der Waals surface area contributed by atoms with E-state index < -0.39 is 0 Å². The van der Waals surface area contributed by atoms with Crippen molar-refractivity contribution in [2.24, 2.45) is 5.92 Å². The van der Waals surface area contributed by atoms with Gasteiger partial charge in [-0.15, -0.1) is 11.3 Å². The number of aromatic nitrogens is 1. The van der Waals surface area contributed by atoms with Gasteiger partial charge in [-0.2, -0.15) is 0 Å². The van der Waals surface area contributed by atoms with Gasteiger partial charge < -0.3 is 0 Å². The molecule has 1 aromatic rings. The van der Waals surface area contributed by atoms with E-state index in [-0.39, 0.29) is 5.54 Å². The summed E-state index contributed by atoms with van der Waals surface area (Å²) in [4.78, 5) is 20.8. The highest BCUT2D eigenvalue weighted by Gasteiger charge is 2.42. The molecule has 1 fully saturated rings. The molecule has 0 radical (unpaired) electrons. The third kappa shape index (κ3) is 2.96. The fourth-order valence-corrected chi connectivity index (χ4v) is 4.06. The van der Waals surface area contributed by atoms with Gasteiger partial charge >= 0.3 is 0 Å². The normalized spacial score (nSPS) is 27.0. The predicted molar refractivity (Wildman–Crippen MR) is 84.3 cm³/mol. The summed E-state index contributed by atoms with van der Waals surface area (Å²) in [5.74, 6) is 1.10. The van der Waals surface area contributed by atoms with Gasteiger partial charge in [-0.1, -0.05) is 6.92 Å². The molecular formula is C16H26N2OS. The van der Waals surface area contributed by atoms with E-state index in [0.717, 1.165) is 42.3 Å². The van der Waals surface area contributed by atoms with E-state index in [1.54, 1.807) is 11.3 Å². The number of ketones is 1. The van der Waals surface area contributed by atoms with E-state index in [4.69, 9.17) is 0 Å². The Kier molecular flexibility index (Phi) is 4.65. The highest BCUT2D eigenvalue weighted by molar-refractivity contribution is 7.11. The topological polar surface area (TPSA) is 33.2 Å². The number of nitrogens with zero attached hydrogens (tertiary/aromatic N) is 2. The lowest BCUT2D eigenvalue weighted by atomic mass is 9.73. The maximum atomic E-state index is 12.9. The third-order valence-electron chi connectivity index (χ3n) is 4.86. The van der Waals surface area contributed by atoms with Crippen molar-refractivity contribution in [3.63, 3.8) is 0 Å². The minimum atomic E-state index is -0.264. The molecule has 0 bridgehead atoms. The van der Waals surface area contributed by atoms with Gasteiger partial charge in [0.2, 0.25) is 0 Å². The largest absolute Gasteiger partial charge is 0.297 e. The van der Waals surface area contributed by atoms with Crippen LogP contribution in [0, 0.1) is 19.8 Å². The molecule has 0 N–H and O–H groups in total. The van der Waals surface area contributed by atoms with Crippen LogP contribution < -0.4 is 0 Å². The highest BCUT2D eigenvalue weighted by atomic mass is 32.1. The number of thiazole rings is 1. The summed E-state index contributed by atoms with van der Waals surface area (Å²) in [5.41, 5.74) is 0.800. The Morgan fingerprint density at radius 2 is 1.95 bits per heavy atom. The van der Waals surface area contributed by atoms with Crippen LogP contribution in [0.25, 0.3) is 0 Å². The second kappa shape index (κ2) is 5.94. The highest BCUT2D eigenvalue weighted by Crippen LogP contribution is 2.37. The quantitative estimate of drug-likeness (QED) is 0.853. The summed E-state index contributed by atoms with van der Waals surface area (Å²) in [5, 5.41) is 0.977. The van der Waals surface area contributed by atoms with E-state index >= 15 is 0 Å². The molecule has 0 spiro atoms. The van der Waals surface area contributed by atoms with Crippen molar-refractivity contribution in [2.75, 3.05) is 14.1 Å². The molecule has 2 rings (SSSR count). The van der Waals surface area contributed by atoms with Crippen LogP contribution >= 0.6 is 11.3 Å². The van der Waals surface area contributed by atoms with Crippen molar-refractivity contribution < 1.29 is 4.79 Å². The van der Waals surface area contributed by atoms with Crippen LogP contribution in [0.1, 0.15) is 48.2 Å². The molecule has 1 aliphatic carbocycles. The first kappa shape index (κ1) is 15.6. The number of Topliss-reactive ketones (excluding diaryl/α,β-unsaturated/α-hetero) is 1. The summed E-state index contributed by atoms with van der Waals surface area (Å²) >= 11 is 1.67. The van der Waals surface area contributed by atoms with Crippen LogP contribution in [-0.2, 0) is 11.2 Å². The van der Waals surface area contributed by atoms with Crippen LogP contribution in [0.4, 0.5) is 0 Å². The average molecular weight is 294 g/mol. The molecular weight excluding hydrogens is 268 g/mol. The zero-order chi connectivity index (χ0) is 14.9. The van der Waals surface area contributed by atoms with Gasteiger partial charge in [-0.05, 0) is 59.5 Å². The zero-order valence-corrected chi connectivity index (χ0v) is 14.1. The summed E-state index contributed by atoms with van der Waals surface area (Å²) in [7, 11) is 4.10. The van der Waals surface area contributed by atoms with Crippen molar-refractivity contribution in [2.45, 2.75) is 58.4 Å². The van der Waals surface area contributed by atoms with E-state index in [1.165, 1.54) is 4.88 Å². The number of carbonyl (C=O) groups excluding carboxylic acids is 1. The smallest absolute Gasteiger partial charge is 0.159 e. The number of carbonyl (C=O) groups is 1. The van der Waals surface area contributed by atoms with Crippen molar-refractivity contribution >= 4 is 17.1 Å². The van der Waals surface area contributed by atoms with Crippen molar-refractivity contribution in [3.05, 3.63) is 15.6 Å².